The van der Waals surface area contributed by atoms with Crippen LogP contribution >= 0.6 is 0 Å². The molecule has 0 bridgehead atoms. The maximum absolute atomic E-state index is 6.90. The number of nitrogens with two attached hydrogens (primary N) is 1. The van der Waals surface area contributed by atoms with Crippen LogP contribution in [0.5, 0.6) is 0 Å². The third kappa shape index (κ3) is 3.26. The summed E-state index contributed by atoms with van der Waals surface area (Å²) in [4.78, 5) is 0. The monoisotopic (exact) mass is 415 g/mol. The molecule has 0 amide bonds. The lowest BCUT2D eigenvalue weighted by molar-refractivity contribution is -0.166. The van der Waals surface area contributed by atoms with Crippen molar-refractivity contribution in [1.82, 2.24) is 0 Å². The van der Waals surface area contributed by atoms with E-state index in [0.717, 1.165) is 35.5 Å². The molecule has 0 aliphatic heterocycles. The molecule has 9 unspecified atom stereocenters. The first-order chi connectivity index (χ1) is 14.0. The van der Waals surface area contributed by atoms with Crippen LogP contribution in [0.2, 0.25) is 0 Å². The van der Waals surface area contributed by atoms with E-state index in [2.05, 4.69) is 48.5 Å². The van der Waals surface area contributed by atoms with Crippen molar-refractivity contribution in [1.29, 1.82) is 0 Å². The number of rotatable bonds is 5. The third-order valence-electron chi connectivity index (χ3n) is 12.4. The van der Waals surface area contributed by atoms with E-state index < -0.39 is 0 Å². The first-order valence-electron chi connectivity index (χ1n) is 13.8. The quantitative estimate of drug-likeness (QED) is 0.450. The molecule has 2 N–H and O–H groups in total. The Labute approximate surface area is 188 Å². The number of hydrogen-bond donors (Lipinski definition) is 1. The highest BCUT2D eigenvalue weighted by molar-refractivity contribution is 5.15. The molecule has 1 heteroatoms. The van der Waals surface area contributed by atoms with Crippen LogP contribution in [-0.4, -0.2) is 5.54 Å². The van der Waals surface area contributed by atoms with E-state index in [4.69, 9.17) is 5.73 Å². The average Bonchev–Trinajstić information content (AvgIpc) is 3.03. The largest absolute Gasteiger partial charge is 0.325 e. The van der Waals surface area contributed by atoms with E-state index in [9.17, 15) is 0 Å². The van der Waals surface area contributed by atoms with Gasteiger partial charge >= 0.3 is 0 Å². The van der Waals surface area contributed by atoms with Gasteiger partial charge in [-0.25, -0.2) is 0 Å². The summed E-state index contributed by atoms with van der Waals surface area (Å²) < 4.78 is 0. The van der Waals surface area contributed by atoms with Crippen LogP contribution in [-0.2, 0) is 0 Å². The van der Waals surface area contributed by atoms with Gasteiger partial charge in [0.15, 0.2) is 0 Å². The Bertz CT molecular complexity index is 620. The molecule has 174 valence electrons. The molecule has 1 nitrogen and oxygen atoms in total. The molecule has 0 aromatic carbocycles. The summed E-state index contributed by atoms with van der Waals surface area (Å²) >= 11 is 0. The van der Waals surface area contributed by atoms with Crippen LogP contribution in [0.3, 0.4) is 0 Å². The molecular weight excluding hydrogens is 362 g/mol. The molecule has 30 heavy (non-hydrogen) atoms. The highest BCUT2D eigenvalue weighted by atomic mass is 14.8. The standard InChI is InChI=1S/C29H53N/c1-8-9-10-11-20(2)22-13-14-23-21-12-15-25-26(3,4)29(7,30)19-18-28(25,6)24(21)16-17-27(22,23)5/h20-25H,8-19,30H2,1-7H3. The second-order valence-corrected chi connectivity index (χ2v) is 13.9. The molecule has 0 saturated heterocycles. The van der Waals surface area contributed by atoms with Gasteiger partial charge in [-0.05, 0) is 110 Å². The van der Waals surface area contributed by atoms with Gasteiger partial charge in [-0.2, -0.15) is 0 Å². The average molecular weight is 416 g/mol. The molecule has 4 saturated carbocycles. The van der Waals surface area contributed by atoms with Gasteiger partial charge in [0, 0.05) is 5.54 Å². The maximum Gasteiger partial charge on any atom is 0.0180 e. The summed E-state index contributed by atoms with van der Waals surface area (Å²) in [7, 11) is 0. The van der Waals surface area contributed by atoms with Gasteiger partial charge in [0.2, 0.25) is 0 Å². The zero-order valence-corrected chi connectivity index (χ0v) is 21.5. The molecule has 0 heterocycles. The zero-order valence-electron chi connectivity index (χ0n) is 21.5. The highest BCUT2D eigenvalue weighted by Crippen LogP contribution is 2.71. The van der Waals surface area contributed by atoms with Gasteiger partial charge in [-0.15, -0.1) is 0 Å². The highest BCUT2D eigenvalue weighted by Gasteiger charge is 2.64. The molecule has 4 aliphatic rings. The third-order valence-corrected chi connectivity index (χ3v) is 12.4. The predicted molar refractivity (Wildman–Crippen MR) is 130 cm³/mol. The van der Waals surface area contributed by atoms with Crippen molar-refractivity contribution in [2.75, 3.05) is 0 Å². The minimum atomic E-state index is -0.000427. The lowest BCUT2D eigenvalue weighted by Gasteiger charge is -2.67. The smallest absolute Gasteiger partial charge is 0.0180 e. The predicted octanol–water partition coefficient (Wildman–Crippen LogP) is 8.22. The first kappa shape index (κ1) is 23.1. The number of hydrogen-bond acceptors (Lipinski definition) is 1. The molecule has 4 rings (SSSR count). The molecule has 9 atom stereocenters. The fourth-order valence-electron chi connectivity index (χ4n) is 10.1. The molecule has 0 aromatic rings. The minimum absolute atomic E-state index is 0.000427. The Morgan fingerprint density at radius 1 is 0.800 bits per heavy atom. The van der Waals surface area contributed by atoms with E-state index in [1.165, 1.54) is 77.0 Å². The second-order valence-electron chi connectivity index (χ2n) is 13.9. The summed E-state index contributed by atoms with van der Waals surface area (Å²) in [6.45, 7) is 17.7. The zero-order chi connectivity index (χ0) is 21.9. The number of fused-ring (bicyclic) bond motifs is 5. The van der Waals surface area contributed by atoms with E-state index in [-0.39, 0.29) is 11.0 Å². The topological polar surface area (TPSA) is 26.0 Å². The van der Waals surface area contributed by atoms with E-state index >= 15 is 0 Å². The van der Waals surface area contributed by atoms with Crippen LogP contribution in [0.25, 0.3) is 0 Å². The van der Waals surface area contributed by atoms with Crippen LogP contribution in [0.15, 0.2) is 0 Å². The van der Waals surface area contributed by atoms with Crippen LogP contribution < -0.4 is 5.73 Å². The van der Waals surface area contributed by atoms with Gasteiger partial charge in [0.05, 0.1) is 0 Å². The summed E-state index contributed by atoms with van der Waals surface area (Å²) in [6.07, 6.45) is 17.3. The van der Waals surface area contributed by atoms with E-state index in [1.54, 1.807) is 0 Å². The van der Waals surface area contributed by atoms with Crippen molar-refractivity contribution in [3.8, 4) is 0 Å². The van der Waals surface area contributed by atoms with Crippen molar-refractivity contribution < 1.29 is 0 Å². The van der Waals surface area contributed by atoms with Crippen molar-refractivity contribution >= 4 is 0 Å². The lowest BCUT2D eigenvalue weighted by atomic mass is 9.39. The molecule has 0 spiro atoms. The Morgan fingerprint density at radius 3 is 2.20 bits per heavy atom. The van der Waals surface area contributed by atoms with E-state index in [1.807, 2.05) is 0 Å². The SMILES string of the molecule is CCCCCC(C)C1CCC2C3CCC4C(C)(CCC(C)(N)C4(C)C)C3CCC12C. The van der Waals surface area contributed by atoms with Crippen molar-refractivity contribution in [2.45, 2.75) is 131 Å². The van der Waals surface area contributed by atoms with Gasteiger partial charge in [0.25, 0.3) is 0 Å². The Balaban J connectivity index is 1.54. The van der Waals surface area contributed by atoms with E-state index in [0.29, 0.717) is 10.8 Å². The van der Waals surface area contributed by atoms with Crippen molar-refractivity contribution in [2.24, 2.45) is 57.5 Å². The Kier molecular flexibility index (Phi) is 5.99. The molecule has 4 fully saturated rings. The molecule has 0 radical (unpaired) electrons. The molecule has 0 aromatic heterocycles. The second kappa shape index (κ2) is 7.78. The molecular formula is C29H53N. The fraction of sp³-hybridized carbons (Fsp3) is 1.00. The van der Waals surface area contributed by atoms with Crippen molar-refractivity contribution in [3.63, 3.8) is 0 Å². The Hall–Kier alpha value is -0.0400. The normalized spacial score (nSPS) is 51.0. The first-order valence-corrected chi connectivity index (χ1v) is 13.8. The van der Waals surface area contributed by atoms with Gasteiger partial charge in [-0.1, -0.05) is 67.2 Å². The lowest BCUT2D eigenvalue weighted by Crippen LogP contribution is -2.65. The fourth-order valence-corrected chi connectivity index (χ4v) is 10.1. The summed E-state index contributed by atoms with van der Waals surface area (Å²) in [5, 5.41) is 0. The van der Waals surface area contributed by atoms with Crippen LogP contribution in [0.4, 0.5) is 0 Å². The molecule has 4 aliphatic carbocycles. The Morgan fingerprint density at radius 2 is 1.50 bits per heavy atom. The van der Waals surface area contributed by atoms with Gasteiger partial charge in [-0.3, -0.25) is 0 Å². The van der Waals surface area contributed by atoms with Crippen LogP contribution in [0, 0.1) is 51.8 Å². The number of unbranched alkanes of at least 4 members (excludes halogenated alkanes) is 2. The minimum Gasteiger partial charge on any atom is -0.325 e. The van der Waals surface area contributed by atoms with Gasteiger partial charge in [0.1, 0.15) is 0 Å². The summed E-state index contributed by atoms with van der Waals surface area (Å²) in [5.74, 6) is 5.68. The van der Waals surface area contributed by atoms with Gasteiger partial charge < -0.3 is 5.73 Å². The van der Waals surface area contributed by atoms with Crippen LogP contribution in [0.1, 0.15) is 126 Å². The summed E-state index contributed by atoms with van der Waals surface area (Å²) in [5.41, 5.74) is 8.31. The van der Waals surface area contributed by atoms with Crippen molar-refractivity contribution in [3.05, 3.63) is 0 Å². The maximum atomic E-state index is 6.90. The summed E-state index contributed by atoms with van der Waals surface area (Å²) in [6, 6.07) is 0.